The maximum Gasteiger partial charge on any atom is 0.0154 e. The van der Waals surface area contributed by atoms with Gasteiger partial charge in [-0.1, -0.05) is 37.8 Å². The third kappa shape index (κ3) is 34.4. The van der Waals surface area contributed by atoms with Crippen LogP contribution in [0.1, 0.15) is 13.3 Å². The van der Waals surface area contributed by atoms with Gasteiger partial charge in [-0.15, -0.1) is 19.0 Å². The van der Waals surface area contributed by atoms with E-state index >= 15 is 0 Å². The smallest absolute Gasteiger partial charge is 0.0154 e. The average molecular weight is 204 g/mol. The lowest BCUT2D eigenvalue weighted by molar-refractivity contribution is 0.457. The molecule has 0 saturated heterocycles. The summed E-state index contributed by atoms with van der Waals surface area (Å²) in [7, 11) is 4.03. The van der Waals surface area contributed by atoms with Crippen molar-refractivity contribution in [1.82, 2.24) is 4.90 Å². The van der Waals surface area contributed by atoms with Crippen LogP contribution in [-0.4, -0.2) is 25.5 Å². The van der Waals surface area contributed by atoms with Crippen LogP contribution in [0.2, 0.25) is 0 Å². The van der Waals surface area contributed by atoms with Crippen LogP contribution < -0.4 is 0 Å². The Labute approximate surface area is 89.2 Å². The molecule has 78 valence electrons. The van der Waals surface area contributed by atoms with Gasteiger partial charge in [0.05, 0.1) is 0 Å². The molecule has 1 nitrogen and oxygen atoms in total. The van der Waals surface area contributed by atoms with Crippen LogP contribution in [0.3, 0.4) is 0 Å². The predicted molar refractivity (Wildman–Crippen MR) is 65.6 cm³/mol. The molecule has 0 radical (unpaired) electrons. The molecule has 0 amide bonds. The second kappa shape index (κ2) is 17.5. The highest BCUT2D eigenvalue weighted by molar-refractivity contribution is 5.85. The van der Waals surface area contributed by atoms with Crippen molar-refractivity contribution in [3.63, 3.8) is 0 Å². The molecule has 0 saturated carbocycles. The molecule has 0 N–H and O–H groups in total. The number of halogens is 1. The molecule has 0 aromatic heterocycles. The fraction of sp³-hybridized carbons (Fsp3) is 0.455. The van der Waals surface area contributed by atoms with Crippen LogP contribution in [-0.2, 0) is 0 Å². The molecule has 0 fully saturated rings. The van der Waals surface area contributed by atoms with E-state index < -0.39 is 0 Å². The molecule has 2 heteroatoms. The Morgan fingerprint density at radius 3 is 1.85 bits per heavy atom. The lowest BCUT2D eigenvalue weighted by Crippen LogP contribution is -2.09. The molecule has 13 heavy (non-hydrogen) atoms. The highest BCUT2D eigenvalue weighted by atomic mass is 35.5. The van der Waals surface area contributed by atoms with Gasteiger partial charge in [0.15, 0.2) is 0 Å². The van der Waals surface area contributed by atoms with E-state index in [1.807, 2.05) is 26.2 Å². The molecule has 0 aliphatic heterocycles. The summed E-state index contributed by atoms with van der Waals surface area (Å²) in [5.41, 5.74) is 0. The van der Waals surface area contributed by atoms with Crippen molar-refractivity contribution in [3.05, 3.63) is 37.5 Å². The largest absolute Gasteiger partial charge is 0.306 e. The van der Waals surface area contributed by atoms with Gasteiger partial charge >= 0.3 is 0 Å². The van der Waals surface area contributed by atoms with Gasteiger partial charge in [0.1, 0.15) is 0 Å². The zero-order chi connectivity index (χ0) is 9.82. The van der Waals surface area contributed by atoms with E-state index in [2.05, 4.69) is 31.1 Å². The van der Waals surface area contributed by atoms with Crippen molar-refractivity contribution in [3.8, 4) is 0 Å². The Bertz CT molecular complexity index is 128. The molecule has 0 atom stereocenters. The molecule has 0 aliphatic carbocycles. The van der Waals surface area contributed by atoms with Gasteiger partial charge in [-0.25, -0.2) is 0 Å². The second-order valence-corrected chi connectivity index (χ2v) is 2.62. The summed E-state index contributed by atoms with van der Waals surface area (Å²) >= 11 is 0. The van der Waals surface area contributed by atoms with Gasteiger partial charge in [0, 0.05) is 6.54 Å². The summed E-state index contributed by atoms with van der Waals surface area (Å²) in [5, 5.41) is 0. The van der Waals surface area contributed by atoms with Crippen LogP contribution in [0.4, 0.5) is 0 Å². The minimum absolute atomic E-state index is 0. The summed E-state index contributed by atoms with van der Waals surface area (Å²) in [6, 6.07) is 0. The summed E-state index contributed by atoms with van der Waals surface area (Å²) in [4.78, 5) is 2.06. The zero-order valence-corrected chi connectivity index (χ0v) is 9.81. The Morgan fingerprint density at radius 2 is 1.77 bits per heavy atom. The van der Waals surface area contributed by atoms with Gasteiger partial charge in [-0.3, -0.25) is 0 Å². The fourth-order valence-corrected chi connectivity index (χ4v) is 0.491. The Morgan fingerprint density at radius 1 is 1.23 bits per heavy atom. The molecule has 0 heterocycles. The molecular formula is C11H22ClN. The number of hydrogen-bond acceptors (Lipinski definition) is 1. The van der Waals surface area contributed by atoms with Crippen molar-refractivity contribution < 1.29 is 0 Å². The number of likely N-dealkylation sites (N-methyl/N-ethyl adjacent to an activating group) is 1. The average Bonchev–Trinajstić information content (AvgIpc) is 2.02. The van der Waals surface area contributed by atoms with Crippen LogP contribution >= 0.6 is 12.4 Å². The molecule has 0 unspecified atom stereocenters. The highest BCUT2D eigenvalue weighted by Gasteiger charge is 1.75. The molecule has 0 bridgehead atoms. The number of rotatable bonds is 4. The van der Waals surface area contributed by atoms with Gasteiger partial charge in [0.25, 0.3) is 0 Å². The minimum Gasteiger partial charge on any atom is -0.306 e. The van der Waals surface area contributed by atoms with E-state index in [0.717, 1.165) is 13.0 Å². The van der Waals surface area contributed by atoms with E-state index in [4.69, 9.17) is 0 Å². The van der Waals surface area contributed by atoms with Crippen molar-refractivity contribution in [2.45, 2.75) is 13.3 Å². The van der Waals surface area contributed by atoms with Crippen molar-refractivity contribution in [2.24, 2.45) is 0 Å². The van der Waals surface area contributed by atoms with E-state index in [-0.39, 0.29) is 12.4 Å². The van der Waals surface area contributed by atoms with Gasteiger partial charge in [-0.05, 0) is 20.5 Å². The normalized spacial score (nSPS) is 8.62. The van der Waals surface area contributed by atoms with Gasteiger partial charge in [-0.2, -0.15) is 0 Å². The first-order valence-electron chi connectivity index (χ1n) is 4.22. The standard InChI is InChI=1S/C6H10.C5H11N.ClH/c1-3-5-6-4-2;1-4-5-6(2)3;/h3,5-6H,1,4H2,2H3;4H,1,5H2,2-3H3;1H. The number of hydrogen-bond donors (Lipinski definition) is 0. The van der Waals surface area contributed by atoms with Crippen LogP contribution in [0, 0.1) is 0 Å². The maximum absolute atomic E-state index is 3.56. The fourth-order valence-electron chi connectivity index (χ4n) is 0.491. The van der Waals surface area contributed by atoms with Gasteiger partial charge < -0.3 is 4.90 Å². The first-order chi connectivity index (χ1) is 5.68. The van der Waals surface area contributed by atoms with E-state index in [1.54, 1.807) is 6.08 Å². The maximum atomic E-state index is 3.56. The summed E-state index contributed by atoms with van der Waals surface area (Å²) in [6.07, 6.45) is 8.77. The summed E-state index contributed by atoms with van der Waals surface area (Å²) in [5.74, 6) is 0. The van der Waals surface area contributed by atoms with Crippen molar-refractivity contribution >= 4 is 12.4 Å². The highest BCUT2D eigenvalue weighted by Crippen LogP contribution is 1.76. The SMILES string of the molecule is C=CC=CCC.C=CCN(C)C.Cl. The topological polar surface area (TPSA) is 3.24 Å². The first-order valence-corrected chi connectivity index (χ1v) is 4.22. The van der Waals surface area contributed by atoms with Crippen LogP contribution in [0.25, 0.3) is 0 Å². The summed E-state index contributed by atoms with van der Waals surface area (Å²) < 4.78 is 0. The summed E-state index contributed by atoms with van der Waals surface area (Å²) in [6.45, 7) is 10.1. The monoisotopic (exact) mass is 203 g/mol. The third-order valence-electron chi connectivity index (χ3n) is 1.00. The molecule has 0 rings (SSSR count). The second-order valence-electron chi connectivity index (χ2n) is 2.62. The molecule has 0 aliphatic rings. The van der Waals surface area contributed by atoms with E-state index in [0.29, 0.717) is 0 Å². The Kier molecular flexibility index (Phi) is 24.7. The van der Waals surface area contributed by atoms with E-state index in [1.165, 1.54) is 0 Å². The lowest BCUT2D eigenvalue weighted by Gasteiger charge is -2.01. The van der Waals surface area contributed by atoms with E-state index in [9.17, 15) is 0 Å². The molecular weight excluding hydrogens is 182 g/mol. The Balaban J connectivity index is -0.000000143. The van der Waals surface area contributed by atoms with Crippen molar-refractivity contribution in [1.29, 1.82) is 0 Å². The Hall–Kier alpha value is -0.530. The number of allylic oxidation sites excluding steroid dienone is 3. The third-order valence-corrected chi connectivity index (χ3v) is 1.00. The van der Waals surface area contributed by atoms with Gasteiger partial charge in [0.2, 0.25) is 0 Å². The molecule has 0 spiro atoms. The van der Waals surface area contributed by atoms with Crippen LogP contribution in [0.15, 0.2) is 37.5 Å². The minimum atomic E-state index is 0. The molecule has 0 aromatic rings. The zero-order valence-electron chi connectivity index (χ0n) is 8.99. The molecule has 0 aromatic carbocycles. The predicted octanol–water partition coefficient (Wildman–Crippen LogP) is 3.29. The van der Waals surface area contributed by atoms with Crippen LogP contribution in [0.5, 0.6) is 0 Å². The quantitative estimate of drug-likeness (QED) is 0.501. The lowest BCUT2D eigenvalue weighted by atomic mass is 10.4. The first kappa shape index (κ1) is 18.3. The number of nitrogens with zero attached hydrogens (tertiary/aromatic N) is 1. The van der Waals surface area contributed by atoms with Crippen molar-refractivity contribution in [2.75, 3.05) is 20.6 Å².